The molecule has 0 atom stereocenters. The summed E-state index contributed by atoms with van der Waals surface area (Å²) >= 11 is 1.45. The second-order valence-electron chi connectivity index (χ2n) is 6.04. The first kappa shape index (κ1) is 16.9. The van der Waals surface area contributed by atoms with Gasteiger partial charge in [0.15, 0.2) is 0 Å². The molecule has 24 heavy (non-hydrogen) atoms. The molecule has 0 unspecified atom stereocenters. The number of nitrogens with one attached hydrogen (secondary N) is 1. The minimum Gasteiger partial charge on any atom is -0.353 e. The fraction of sp³-hybridized carbons (Fsp3) is 0.444. The van der Waals surface area contributed by atoms with Crippen LogP contribution in [0, 0.1) is 6.92 Å². The third kappa shape index (κ3) is 4.77. The average molecular weight is 342 g/mol. The van der Waals surface area contributed by atoms with Crippen molar-refractivity contribution in [2.75, 3.05) is 5.75 Å². The molecule has 2 heterocycles. The molecule has 2 aromatic heterocycles. The maximum absolute atomic E-state index is 12.1. The van der Waals surface area contributed by atoms with Crippen molar-refractivity contribution in [3.8, 4) is 11.4 Å². The standard InChI is InChI=1S/C18H22N4OS/c1-13-20-16(15-9-5-6-10-19-15)11-18(21-13)24-12-17(23)22-14-7-3-2-4-8-14/h5-6,9-11,14H,2-4,7-8,12H2,1H3,(H,22,23). The summed E-state index contributed by atoms with van der Waals surface area (Å²) in [6.45, 7) is 1.86. The fourth-order valence-electron chi connectivity index (χ4n) is 2.92. The van der Waals surface area contributed by atoms with Gasteiger partial charge in [-0.1, -0.05) is 37.1 Å². The number of aryl methyl sites for hydroxylation is 1. The molecule has 1 N–H and O–H groups in total. The van der Waals surface area contributed by atoms with Gasteiger partial charge in [0, 0.05) is 12.2 Å². The van der Waals surface area contributed by atoms with E-state index in [2.05, 4.69) is 20.3 Å². The van der Waals surface area contributed by atoms with Crippen molar-refractivity contribution >= 4 is 17.7 Å². The molecule has 0 spiro atoms. The number of nitrogens with zero attached hydrogens (tertiary/aromatic N) is 3. The topological polar surface area (TPSA) is 67.8 Å². The number of carbonyl (C=O) groups excluding carboxylic acids is 1. The largest absolute Gasteiger partial charge is 0.353 e. The monoisotopic (exact) mass is 342 g/mol. The highest BCUT2D eigenvalue weighted by molar-refractivity contribution is 7.99. The predicted molar refractivity (Wildman–Crippen MR) is 95.7 cm³/mol. The Bertz CT molecular complexity index is 687. The zero-order valence-corrected chi connectivity index (χ0v) is 14.7. The molecule has 1 amide bonds. The molecule has 1 fully saturated rings. The van der Waals surface area contributed by atoms with Gasteiger partial charge in [0.2, 0.25) is 5.91 Å². The lowest BCUT2D eigenvalue weighted by Crippen LogP contribution is -2.37. The summed E-state index contributed by atoms with van der Waals surface area (Å²) in [5, 5.41) is 3.94. The van der Waals surface area contributed by atoms with Crippen LogP contribution in [0.4, 0.5) is 0 Å². The van der Waals surface area contributed by atoms with Gasteiger partial charge in [-0.05, 0) is 38.0 Å². The molecular formula is C18H22N4OS. The summed E-state index contributed by atoms with van der Waals surface area (Å²) in [6, 6.07) is 7.98. The first-order valence-corrected chi connectivity index (χ1v) is 9.38. The Morgan fingerprint density at radius 3 is 2.79 bits per heavy atom. The summed E-state index contributed by atoms with van der Waals surface area (Å²) in [6.07, 6.45) is 7.68. The molecule has 2 aromatic rings. The van der Waals surface area contributed by atoms with E-state index >= 15 is 0 Å². The van der Waals surface area contributed by atoms with Crippen LogP contribution >= 0.6 is 11.8 Å². The zero-order valence-electron chi connectivity index (χ0n) is 13.9. The lowest BCUT2D eigenvalue weighted by Gasteiger charge is -2.22. The van der Waals surface area contributed by atoms with Crippen LogP contribution in [0.2, 0.25) is 0 Å². The number of thioether (sulfide) groups is 1. The summed E-state index contributed by atoms with van der Waals surface area (Å²) in [7, 11) is 0. The van der Waals surface area contributed by atoms with Gasteiger partial charge in [-0.2, -0.15) is 0 Å². The van der Waals surface area contributed by atoms with Crippen LogP contribution < -0.4 is 5.32 Å². The van der Waals surface area contributed by atoms with E-state index in [0.717, 1.165) is 29.3 Å². The summed E-state index contributed by atoms with van der Waals surface area (Å²) in [5.41, 5.74) is 1.61. The number of rotatable bonds is 5. The van der Waals surface area contributed by atoms with Crippen molar-refractivity contribution in [1.29, 1.82) is 0 Å². The van der Waals surface area contributed by atoms with E-state index in [1.54, 1.807) is 6.20 Å². The third-order valence-corrected chi connectivity index (χ3v) is 4.97. The fourth-order valence-corrected chi connectivity index (χ4v) is 3.67. The van der Waals surface area contributed by atoms with Gasteiger partial charge in [-0.15, -0.1) is 0 Å². The van der Waals surface area contributed by atoms with E-state index < -0.39 is 0 Å². The lowest BCUT2D eigenvalue weighted by atomic mass is 9.95. The Balaban J connectivity index is 1.60. The van der Waals surface area contributed by atoms with Gasteiger partial charge in [-0.25, -0.2) is 9.97 Å². The molecule has 0 aromatic carbocycles. The molecule has 1 saturated carbocycles. The lowest BCUT2D eigenvalue weighted by molar-refractivity contribution is -0.119. The number of carbonyl (C=O) groups is 1. The Kier molecular flexibility index (Phi) is 5.80. The smallest absolute Gasteiger partial charge is 0.230 e. The van der Waals surface area contributed by atoms with E-state index in [4.69, 9.17) is 0 Å². The predicted octanol–water partition coefficient (Wildman–Crippen LogP) is 3.39. The quantitative estimate of drug-likeness (QED) is 0.666. The van der Waals surface area contributed by atoms with Crippen molar-refractivity contribution < 1.29 is 4.79 Å². The molecule has 3 rings (SSSR count). The average Bonchev–Trinajstić information content (AvgIpc) is 2.61. The van der Waals surface area contributed by atoms with Crippen LogP contribution in [-0.4, -0.2) is 32.7 Å². The molecule has 126 valence electrons. The molecule has 0 aliphatic heterocycles. The van der Waals surface area contributed by atoms with Crippen molar-refractivity contribution in [3.63, 3.8) is 0 Å². The first-order chi connectivity index (χ1) is 11.7. The third-order valence-electron chi connectivity index (χ3n) is 4.06. The van der Waals surface area contributed by atoms with Crippen molar-refractivity contribution in [2.24, 2.45) is 0 Å². The molecule has 0 radical (unpaired) electrons. The highest BCUT2D eigenvalue weighted by atomic mass is 32.2. The van der Waals surface area contributed by atoms with Crippen LogP contribution in [-0.2, 0) is 4.79 Å². The van der Waals surface area contributed by atoms with Crippen molar-refractivity contribution in [1.82, 2.24) is 20.3 Å². The molecule has 6 heteroatoms. The first-order valence-electron chi connectivity index (χ1n) is 8.40. The maximum atomic E-state index is 12.1. The van der Waals surface area contributed by atoms with E-state index in [1.165, 1.54) is 31.0 Å². The highest BCUT2D eigenvalue weighted by Crippen LogP contribution is 2.22. The number of pyridine rings is 1. The summed E-state index contributed by atoms with van der Waals surface area (Å²) in [4.78, 5) is 25.3. The molecule has 5 nitrogen and oxygen atoms in total. The molecule has 1 aliphatic carbocycles. The Hall–Kier alpha value is -1.95. The molecule has 0 bridgehead atoms. The van der Waals surface area contributed by atoms with Crippen molar-refractivity contribution in [2.45, 2.75) is 50.1 Å². The van der Waals surface area contributed by atoms with Gasteiger partial charge in [0.05, 0.1) is 17.1 Å². The summed E-state index contributed by atoms with van der Waals surface area (Å²) in [5.74, 6) is 1.16. The SMILES string of the molecule is Cc1nc(SCC(=O)NC2CCCCC2)cc(-c2ccccn2)n1. The minimum atomic E-state index is 0.0857. The van der Waals surface area contributed by atoms with Crippen LogP contribution in [0.15, 0.2) is 35.5 Å². The summed E-state index contributed by atoms with van der Waals surface area (Å²) < 4.78 is 0. The molecular weight excluding hydrogens is 320 g/mol. The van der Waals surface area contributed by atoms with Gasteiger partial charge in [0.1, 0.15) is 10.9 Å². The van der Waals surface area contributed by atoms with E-state index in [0.29, 0.717) is 17.6 Å². The molecule has 0 saturated heterocycles. The Morgan fingerprint density at radius 2 is 2.04 bits per heavy atom. The van der Waals surface area contributed by atoms with E-state index in [-0.39, 0.29) is 5.91 Å². The van der Waals surface area contributed by atoms with Crippen LogP contribution in [0.25, 0.3) is 11.4 Å². The minimum absolute atomic E-state index is 0.0857. The van der Waals surface area contributed by atoms with Crippen molar-refractivity contribution in [3.05, 3.63) is 36.3 Å². The number of hydrogen-bond donors (Lipinski definition) is 1. The second-order valence-corrected chi connectivity index (χ2v) is 7.04. The van der Waals surface area contributed by atoms with Gasteiger partial charge in [-0.3, -0.25) is 9.78 Å². The Morgan fingerprint density at radius 1 is 1.21 bits per heavy atom. The van der Waals surface area contributed by atoms with E-state index in [1.807, 2.05) is 31.2 Å². The Labute approximate surface area is 146 Å². The number of amides is 1. The number of hydrogen-bond acceptors (Lipinski definition) is 5. The van der Waals surface area contributed by atoms with Crippen LogP contribution in [0.1, 0.15) is 37.9 Å². The highest BCUT2D eigenvalue weighted by Gasteiger charge is 2.16. The maximum Gasteiger partial charge on any atom is 0.230 e. The van der Waals surface area contributed by atoms with Crippen LogP contribution in [0.5, 0.6) is 0 Å². The molecule has 1 aliphatic rings. The van der Waals surface area contributed by atoms with Gasteiger partial charge in [0.25, 0.3) is 0 Å². The van der Waals surface area contributed by atoms with Gasteiger partial charge >= 0.3 is 0 Å². The normalized spacial score (nSPS) is 15.2. The van der Waals surface area contributed by atoms with E-state index in [9.17, 15) is 4.79 Å². The number of aromatic nitrogens is 3. The van der Waals surface area contributed by atoms with Gasteiger partial charge < -0.3 is 5.32 Å². The zero-order chi connectivity index (χ0) is 16.8. The second kappa shape index (κ2) is 8.24. The van der Waals surface area contributed by atoms with Crippen LogP contribution in [0.3, 0.4) is 0 Å².